The molecule has 1 aromatic carbocycles. The lowest BCUT2D eigenvalue weighted by atomic mass is 10.1. The van der Waals surface area contributed by atoms with Crippen molar-refractivity contribution in [3.8, 4) is 0 Å². The van der Waals surface area contributed by atoms with Gasteiger partial charge in [-0.3, -0.25) is 9.69 Å². The van der Waals surface area contributed by atoms with E-state index in [1.54, 1.807) is 6.07 Å². The van der Waals surface area contributed by atoms with Crippen LogP contribution in [0.15, 0.2) is 24.3 Å². The van der Waals surface area contributed by atoms with Crippen LogP contribution in [0.2, 0.25) is 0 Å². The number of carbonyl (C=O) groups excluding carboxylic acids is 1. The standard InChI is InChI=1S/C16H25N3OS/c1-11(2)9-19(12(3)4)10-15(20)18-14-7-5-6-13(8-14)16(17)21/h5-8,11-12H,9-10H2,1-4H3,(H2,17,21)(H,18,20). The molecule has 0 aromatic heterocycles. The second kappa shape index (κ2) is 8.10. The Morgan fingerprint density at radius 2 is 2.00 bits per heavy atom. The van der Waals surface area contributed by atoms with Gasteiger partial charge in [-0.2, -0.15) is 0 Å². The Labute approximate surface area is 132 Å². The normalized spacial score (nSPS) is 11.2. The average molecular weight is 307 g/mol. The Morgan fingerprint density at radius 1 is 1.33 bits per heavy atom. The van der Waals surface area contributed by atoms with Crippen molar-refractivity contribution >= 4 is 28.8 Å². The Morgan fingerprint density at radius 3 is 2.52 bits per heavy atom. The van der Waals surface area contributed by atoms with Crippen LogP contribution in [0.5, 0.6) is 0 Å². The number of nitrogens with zero attached hydrogens (tertiary/aromatic N) is 1. The molecule has 0 aliphatic rings. The maximum Gasteiger partial charge on any atom is 0.238 e. The van der Waals surface area contributed by atoms with Crippen molar-refractivity contribution in [3.05, 3.63) is 29.8 Å². The predicted molar refractivity (Wildman–Crippen MR) is 92.5 cm³/mol. The number of hydrogen-bond acceptors (Lipinski definition) is 3. The van der Waals surface area contributed by atoms with Crippen molar-refractivity contribution in [1.29, 1.82) is 0 Å². The van der Waals surface area contributed by atoms with E-state index in [0.29, 0.717) is 23.5 Å². The minimum absolute atomic E-state index is 0.0237. The Balaban J connectivity index is 2.67. The fourth-order valence-corrected chi connectivity index (χ4v) is 2.19. The van der Waals surface area contributed by atoms with Crippen molar-refractivity contribution in [1.82, 2.24) is 4.90 Å². The zero-order chi connectivity index (χ0) is 16.0. The van der Waals surface area contributed by atoms with Gasteiger partial charge in [0.1, 0.15) is 4.99 Å². The van der Waals surface area contributed by atoms with Crippen molar-refractivity contribution in [3.63, 3.8) is 0 Å². The van der Waals surface area contributed by atoms with Crippen molar-refractivity contribution in [2.75, 3.05) is 18.4 Å². The molecule has 0 fully saturated rings. The molecule has 1 aromatic rings. The van der Waals surface area contributed by atoms with E-state index in [4.69, 9.17) is 18.0 Å². The molecule has 5 heteroatoms. The molecular weight excluding hydrogens is 282 g/mol. The minimum Gasteiger partial charge on any atom is -0.389 e. The van der Waals surface area contributed by atoms with Gasteiger partial charge in [0.2, 0.25) is 5.91 Å². The lowest BCUT2D eigenvalue weighted by Gasteiger charge is -2.27. The van der Waals surface area contributed by atoms with Crippen LogP contribution in [0.4, 0.5) is 5.69 Å². The topological polar surface area (TPSA) is 58.4 Å². The minimum atomic E-state index is -0.0237. The first kappa shape index (κ1) is 17.6. The number of thiocarbonyl (C=S) groups is 1. The third kappa shape index (κ3) is 6.23. The zero-order valence-corrected chi connectivity index (χ0v) is 14.0. The van der Waals surface area contributed by atoms with E-state index < -0.39 is 0 Å². The summed E-state index contributed by atoms with van der Waals surface area (Å²) in [5, 5.41) is 2.90. The Kier molecular flexibility index (Phi) is 6.78. The van der Waals surface area contributed by atoms with E-state index in [2.05, 4.69) is 37.9 Å². The summed E-state index contributed by atoms with van der Waals surface area (Å²) in [6.45, 7) is 9.79. The van der Waals surface area contributed by atoms with E-state index in [0.717, 1.165) is 17.8 Å². The lowest BCUT2D eigenvalue weighted by Crippen LogP contribution is -2.40. The average Bonchev–Trinajstić information content (AvgIpc) is 2.37. The number of nitrogens with two attached hydrogens (primary N) is 1. The van der Waals surface area contributed by atoms with Crippen molar-refractivity contribution < 1.29 is 4.79 Å². The smallest absolute Gasteiger partial charge is 0.238 e. The number of amides is 1. The molecule has 0 saturated heterocycles. The molecule has 1 amide bonds. The molecule has 4 nitrogen and oxygen atoms in total. The van der Waals surface area contributed by atoms with Gasteiger partial charge in [0.05, 0.1) is 6.54 Å². The molecule has 0 aliphatic heterocycles. The predicted octanol–water partition coefficient (Wildman–Crippen LogP) is 2.63. The number of anilines is 1. The molecule has 0 atom stereocenters. The second-order valence-corrected chi connectivity index (χ2v) is 6.35. The Hall–Kier alpha value is -1.46. The summed E-state index contributed by atoms with van der Waals surface area (Å²) in [4.78, 5) is 14.7. The second-order valence-electron chi connectivity index (χ2n) is 5.91. The van der Waals surface area contributed by atoms with E-state index in [-0.39, 0.29) is 5.91 Å². The van der Waals surface area contributed by atoms with Crippen LogP contribution in [0, 0.1) is 5.92 Å². The largest absolute Gasteiger partial charge is 0.389 e. The molecule has 0 unspecified atom stereocenters. The van der Waals surface area contributed by atoms with Gasteiger partial charge in [0, 0.05) is 23.8 Å². The maximum absolute atomic E-state index is 12.2. The SMILES string of the molecule is CC(C)CN(CC(=O)Nc1cccc(C(N)=S)c1)C(C)C. The van der Waals surface area contributed by atoms with Gasteiger partial charge in [-0.15, -0.1) is 0 Å². The molecule has 116 valence electrons. The van der Waals surface area contributed by atoms with Crippen LogP contribution in [-0.4, -0.2) is 34.9 Å². The van der Waals surface area contributed by atoms with Gasteiger partial charge in [0.25, 0.3) is 0 Å². The molecule has 3 N–H and O–H groups in total. The first-order valence-electron chi connectivity index (χ1n) is 7.23. The number of benzene rings is 1. The molecule has 0 radical (unpaired) electrons. The third-order valence-electron chi connectivity index (χ3n) is 3.11. The highest BCUT2D eigenvalue weighted by Gasteiger charge is 2.15. The first-order valence-corrected chi connectivity index (χ1v) is 7.64. The molecule has 1 rings (SSSR count). The third-order valence-corrected chi connectivity index (χ3v) is 3.34. The number of carbonyl (C=O) groups is 1. The molecule has 0 heterocycles. The molecular formula is C16H25N3OS. The summed E-state index contributed by atoms with van der Waals surface area (Å²) in [6, 6.07) is 7.63. The van der Waals surface area contributed by atoms with Gasteiger partial charge in [-0.25, -0.2) is 0 Å². The van der Waals surface area contributed by atoms with Crippen LogP contribution in [0.25, 0.3) is 0 Å². The van der Waals surface area contributed by atoms with Gasteiger partial charge in [-0.1, -0.05) is 38.2 Å². The fraction of sp³-hybridized carbons (Fsp3) is 0.500. The van der Waals surface area contributed by atoms with Crippen LogP contribution >= 0.6 is 12.2 Å². The van der Waals surface area contributed by atoms with Crippen LogP contribution < -0.4 is 11.1 Å². The van der Waals surface area contributed by atoms with E-state index >= 15 is 0 Å². The van der Waals surface area contributed by atoms with Crippen LogP contribution in [-0.2, 0) is 4.79 Å². The number of rotatable bonds is 7. The van der Waals surface area contributed by atoms with Crippen molar-refractivity contribution in [2.24, 2.45) is 11.7 Å². The highest BCUT2D eigenvalue weighted by atomic mass is 32.1. The molecule has 0 bridgehead atoms. The summed E-state index contributed by atoms with van der Waals surface area (Å²) in [6.07, 6.45) is 0. The van der Waals surface area contributed by atoms with E-state index in [1.165, 1.54) is 0 Å². The summed E-state index contributed by atoms with van der Waals surface area (Å²) >= 11 is 4.94. The zero-order valence-electron chi connectivity index (χ0n) is 13.2. The highest BCUT2D eigenvalue weighted by Crippen LogP contribution is 2.11. The van der Waals surface area contributed by atoms with Crippen LogP contribution in [0.3, 0.4) is 0 Å². The van der Waals surface area contributed by atoms with Gasteiger partial charge >= 0.3 is 0 Å². The Bertz CT molecular complexity index is 500. The first-order chi connectivity index (χ1) is 9.79. The highest BCUT2D eigenvalue weighted by molar-refractivity contribution is 7.80. The summed E-state index contributed by atoms with van der Waals surface area (Å²) in [7, 11) is 0. The van der Waals surface area contributed by atoms with Crippen molar-refractivity contribution in [2.45, 2.75) is 33.7 Å². The monoisotopic (exact) mass is 307 g/mol. The summed E-state index contributed by atoms with van der Waals surface area (Å²) in [5.41, 5.74) is 7.08. The van der Waals surface area contributed by atoms with E-state index in [1.807, 2.05) is 18.2 Å². The molecule has 0 spiro atoms. The quantitative estimate of drug-likeness (QED) is 0.760. The summed E-state index contributed by atoms with van der Waals surface area (Å²) < 4.78 is 0. The number of hydrogen-bond donors (Lipinski definition) is 2. The fourth-order valence-electron chi connectivity index (χ4n) is 2.06. The van der Waals surface area contributed by atoms with Gasteiger partial charge < -0.3 is 11.1 Å². The van der Waals surface area contributed by atoms with Gasteiger partial charge in [-0.05, 0) is 31.9 Å². The lowest BCUT2D eigenvalue weighted by molar-refractivity contribution is -0.117. The molecule has 21 heavy (non-hydrogen) atoms. The number of nitrogens with one attached hydrogen (secondary N) is 1. The molecule has 0 aliphatic carbocycles. The van der Waals surface area contributed by atoms with E-state index in [9.17, 15) is 4.79 Å². The maximum atomic E-state index is 12.2. The molecule has 0 saturated carbocycles. The summed E-state index contributed by atoms with van der Waals surface area (Å²) in [5.74, 6) is 0.502. The van der Waals surface area contributed by atoms with Crippen LogP contribution in [0.1, 0.15) is 33.3 Å². The van der Waals surface area contributed by atoms with Gasteiger partial charge in [0.15, 0.2) is 0 Å².